The summed E-state index contributed by atoms with van der Waals surface area (Å²) in [5.74, 6) is 0. The van der Waals surface area contributed by atoms with Gasteiger partial charge in [-0.25, -0.2) is 0 Å². The molecule has 5 aromatic rings. The van der Waals surface area contributed by atoms with E-state index in [-0.39, 0.29) is 0 Å². The predicted molar refractivity (Wildman–Crippen MR) is 96.4 cm³/mol. The quantitative estimate of drug-likeness (QED) is 0.226. The van der Waals surface area contributed by atoms with Crippen LogP contribution in [0.15, 0.2) is 75.8 Å². The van der Waals surface area contributed by atoms with Crippen LogP contribution in [0.3, 0.4) is 0 Å². The van der Waals surface area contributed by atoms with Crippen molar-refractivity contribution in [3.8, 4) is 0 Å². The summed E-state index contributed by atoms with van der Waals surface area (Å²) >= 11 is 3.43. The van der Waals surface area contributed by atoms with Crippen LogP contribution in [0.25, 0.3) is 43.3 Å². The number of fused-ring (bicyclic) bond motifs is 6. The largest absolute Gasteiger partial charge is 0.449 e. The average Bonchev–Trinajstić information content (AvgIpc) is 2.93. The lowest BCUT2D eigenvalue weighted by Crippen LogP contribution is -1.80. The van der Waals surface area contributed by atoms with E-state index in [1.165, 1.54) is 26.9 Å². The van der Waals surface area contributed by atoms with Gasteiger partial charge >= 0.3 is 0 Å². The highest BCUT2D eigenvalue weighted by molar-refractivity contribution is 9.10. The van der Waals surface area contributed by atoms with Crippen LogP contribution in [0.4, 0.5) is 0 Å². The van der Waals surface area contributed by atoms with Crippen LogP contribution >= 0.6 is 15.9 Å². The summed E-state index contributed by atoms with van der Waals surface area (Å²) in [6, 6.07) is 23.7. The minimum absolute atomic E-state index is 0.772. The number of hydrogen-bond acceptors (Lipinski definition) is 1. The maximum atomic E-state index is 5.83. The second-order valence-corrected chi connectivity index (χ2v) is 6.40. The van der Waals surface area contributed by atoms with Gasteiger partial charge in [0.1, 0.15) is 5.58 Å². The molecule has 0 spiro atoms. The Bertz CT molecular complexity index is 1180. The van der Waals surface area contributed by atoms with Crippen molar-refractivity contribution in [2.45, 2.75) is 0 Å². The summed E-state index contributed by atoms with van der Waals surface area (Å²) in [5, 5.41) is 8.59. The normalized spacial score (nSPS) is 11.9. The second kappa shape index (κ2) is 4.34. The molecule has 0 bridgehead atoms. The van der Waals surface area contributed by atoms with Crippen molar-refractivity contribution in [1.29, 1.82) is 0 Å². The van der Waals surface area contributed by atoms with Crippen molar-refractivity contribution in [2.24, 2.45) is 0 Å². The summed E-state index contributed by atoms with van der Waals surface area (Å²) in [4.78, 5) is 0. The molecule has 0 aliphatic carbocycles. The van der Waals surface area contributed by atoms with Crippen LogP contribution < -0.4 is 0 Å². The molecule has 0 aliphatic rings. The molecule has 0 amide bonds. The highest BCUT2D eigenvalue weighted by Gasteiger charge is 2.09. The molecular weight excluding hydrogens is 336 g/mol. The Morgan fingerprint density at radius 1 is 0.591 bits per heavy atom. The molecule has 0 atom stereocenters. The first kappa shape index (κ1) is 12.2. The lowest BCUT2D eigenvalue weighted by atomic mass is 9.97. The smallest absolute Gasteiger partial charge is 0.170 e. The highest BCUT2D eigenvalue weighted by atomic mass is 79.9. The molecule has 0 radical (unpaired) electrons. The fourth-order valence-electron chi connectivity index (χ4n) is 3.30. The van der Waals surface area contributed by atoms with Gasteiger partial charge in [-0.15, -0.1) is 0 Å². The Morgan fingerprint density at radius 2 is 1.32 bits per heavy atom. The van der Waals surface area contributed by atoms with Crippen LogP contribution in [0.1, 0.15) is 0 Å². The topological polar surface area (TPSA) is 13.1 Å². The average molecular weight is 347 g/mol. The molecule has 1 aromatic heterocycles. The maximum absolute atomic E-state index is 5.83. The van der Waals surface area contributed by atoms with Crippen LogP contribution in [0.5, 0.6) is 0 Å². The molecular formula is C20H11BrO. The van der Waals surface area contributed by atoms with E-state index in [2.05, 4.69) is 76.6 Å². The highest BCUT2D eigenvalue weighted by Crippen LogP contribution is 2.35. The number of rotatable bonds is 0. The van der Waals surface area contributed by atoms with Crippen molar-refractivity contribution in [2.75, 3.05) is 0 Å². The van der Waals surface area contributed by atoms with Crippen LogP contribution in [0.2, 0.25) is 0 Å². The number of furan rings is 1. The van der Waals surface area contributed by atoms with E-state index in [4.69, 9.17) is 4.42 Å². The molecule has 0 aliphatic heterocycles. The molecule has 0 saturated carbocycles. The van der Waals surface area contributed by atoms with Crippen LogP contribution in [-0.4, -0.2) is 0 Å². The minimum Gasteiger partial charge on any atom is -0.449 e. The van der Waals surface area contributed by atoms with E-state index in [1.54, 1.807) is 0 Å². The molecule has 0 fully saturated rings. The van der Waals surface area contributed by atoms with Gasteiger partial charge in [-0.2, -0.15) is 0 Å². The van der Waals surface area contributed by atoms with E-state index < -0.39 is 0 Å². The van der Waals surface area contributed by atoms with Crippen LogP contribution in [0, 0.1) is 0 Å². The van der Waals surface area contributed by atoms with E-state index in [9.17, 15) is 0 Å². The number of hydrogen-bond donors (Lipinski definition) is 0. The zero-order valence-electron chi connectivity index (χ0n) is 11.6. The van der Waals surface area contributed by atoms with Crippen LogP contribution in [-0.2, 0) is 0 Å². The van der Waals surface area contributed by atoms with E-state index in [0.717, 1.165) is 21.0 Å². The molecule has 5 rings (SSSR count). The van der Waals surface area contributed by atoms with Gasteiger partial charge in [0.25, 0.3) is 0 Å². The predicted octanol–water partition coefficient (Wildman–Crippen LogP) is 6.65. The zero-order valence-corrected chi connectivity index (χ0v) is 13.2. The fraction of sp³-hybridized carbons (Fsp3) is 0. The summed E-state index contributed by atoms with van der Waals surface area (Å²) in [6.07, 6.45) is 0. The number of benzene rings is 4. The molecule has 4 aromatic carbocycles. The molecule has 1 nitrogen and oxygen atoms in total. The third-order valence-electron chi connectivity index (χ3n) is 4.33. The Labute approximate surface area is 135 Å². The summed E-state index contributed by atoms with van der Waals surface area (Å²) in [7, 11) is 0. The molecule has 2 heteroatoms. The molecule has 1 heterocycles. The molecule has 104 valence electrons. The van der Waals surface area contributed by atoms with Gasteiger partial charge < -0.3 is 4.42 Å². The van der Waals surface area contributed by atoms with Gasteiger partial charge in [-0.3, -0.25) is 0 Å². The Morgan fingerprint density at radius 3 is 2.18 bits per heavy atom. The Balaban J connectivity index is 2.01. The third kappa shape index (κ3) is 1.65. The van der Waals surface area contributed by atoms with Gasteiger partial charge in [0.05, 0.1) is 0 Å². The molecule has 0 unspecified atom stereocenters. The van der Waals surface area contributed by atoms with Crippen molar-refractivity contribution >= 4 is 59.2 Å². The SMILES string of the molecule is Brc1cc2ccc3c4cc5ccccc5cc4ccc3c2o1. The maximum Gasteiger partial charge on any atom is 0.170 e. The van der Waals surface area contributed by atoms with Gasteiger partial charge in [-0.1, -0.05) is 42.5 Å². The summed E-state index contributed by atoms with van der Waals surface area (Å²) in [5.41, 5.74) is 0.944. The Hall–Kier alpha value is -2.32. The van der Waals surface area contributed by atoms with Gasteiger partial charge in [0.15, 0.2) is 4.67 Å². The molecule has 0 saturated heterocycles. The van der Waals surface area contributed by atoms with E-state index >= 15 is 0 Å². The van der Waals surface area contributed by atoms with E-state index in [1.807, 2.05) is 6.07 Å². The zero-order chi connectivity index (χ0) is 14.7. The first-order valence-corrected chi connectivity index (χ1v) is 8.02. The monoisotopic (exact) mass is 346 g/mol. The second-order valence-electron chi connectivity index (χ2n) is 5.62. The minimum atomic E-state index is 0.772. The Kier molecular flexibility index (Phi) is 2.42. The summed E-state index contributed by atoms with van der Waals surface area (Å²) in [6.45, 7) is 0. The van der Waals surface area contributed by atoms with Crippen molar-refractivity contribution < 1.29 is 4.42 Å². The lowest BCUT2D eigenvalue weighted by molar-refractivity contribution is 0.590. The van der Waals surface area contributed by atoms with Gasteiger partial charge in [0.2, 0.25) is 0 Å². The number of halogens is 1. The van der Waals surface area contributed by atoms with Crippen molar-refractivity contribution in [3.05, 3.63) is 71.4 Å². The molecule has 22 heavy (non-hydrogen) atoms. The first-order chi connectivity index (χ1) is 10.8. The van der Waals surface area contributed by atoms with Gasteiger partial charge in [-0.05, 0) is 67.1 Å². The molecule has 0 N–H and O–H groups in total. The van der Waals surface area contributed by atoms with Gasteiger partial charge in [0, 0.05) is 10.8 Å². The van der Waals surface area contributed by atoms with Crippen molar-refractivity contribution in [3.63, 3.8) is 0 Å². The lowest BCUT2D eigenvalue weighted by Gasteiger charge is -2.07. The third-order valence-corrected chi connectivity index (χ3v) is 4.72. The van der Waals surface area contributed by atoms with Crippen molar-refractivity contribution in [1.82, 2.24) is 0 Å². The standard InChI is InChI=1S/C20H11BrO/c21-19-11-15-6-7-16-17(20(15)22-19)8-5-14-9-12-3-1-2-4-13(12)10-18(14)16/h1-11H. The summed E-state index contributed by atoms with van der Waals surface area (Å²) < 4.78 is 6.61. The fourth-order valence-corrected chi connectivity index (χ4v) is 3.70. The first-order valence-electron chi connectivity index (χ1n) is 7.23. The van der Waals surface area contributed by atoms with E-state index in [0.29, 0.717) is 0 Å².